The molecule has 0 bridgehead atoms. The van der Waals surface area contributed by atoms with Crippen molar-refractivity contribution in [1.29, 1.82) is 0 Å². The molecule has 0 aromatic carbocycles. The lowest BCUT2D eigenvalue weighted by Gasteiger charge is -2.37. The predicted octanol–water partition coefficient (Wildman–Crippen LogP) is 2.62. The third-order valence-electron chi connectivity index (χ3n) is 4.94. The molecular weight excluding hydrogens is 318 g/mol. The minimum Gasteiger partial charge on any atom is -0.478 e. The molecule has 1 unspecified atom stereocenters. The van der Waals surface area contributed by atoms with Crippen LogP contribution in [0.3, 0.4) is 0 Å². The number of aromatic nitrogens is 3. The van der Waals surface area contributed by atoms with Crippen LogP contribution in [0.1, 0.15) is 50.4 Å². The van der Waals surface area contributed by atoms with Gasteiger partial charge >= 0.3 is 0 Å². The van der Waals surface area contributed by atoms with Crippen LogP contribution in [0.2, 0.25) is 0 Å². The van der Waals surface area contributed by atoms with Crippen LogP contribution in [-0.2, 0) is 0 Å². The minimum absolute atomic E-state index is 0.157. The third kappa shape index (κ3) is 3.61. The fourth-order valence-corrected chi connectivity index (χ4v) is 3.23. The standard InChI is InChI=1S/C18H25N5O2/c1-3-24-16-6-4-5-15(19-16)23-11-9-22(10-12-23)13(2)18-20-17(21-25-18)14-7-8-14/h4-6,13-14H,3,7-12H2,1-2H3. The molecule has 0 radical (unpaired) electrons. The van der Waals surface area contributed by atoms with E-state index in [4.69, 9.17) is 9.26 Å². The molecule has 7 nitrogen and oxygen atoms in total. The summed E-state index contributed by atoms with van der Waals surface area (Å²) in [6.07, 6.45) is 2.39. The number of ether oxygens (including phenoxy) is 1. The van der Waals surface area contributed by atoms with Crippen LogP contribution >= 0.6 is 0 Å². The zero-order chi connectivity index (χ0) is 17.2. The molecule has 2 fully saturated rings. The van der Waals surface area contributed by atoms with Crippen LogP contribution in [0.5, 0.6) is 5.88 Å². The summed E-state index contributed by atoms with van der Waals surface area (Å²) in [6.45, 7) is 8.50. The fourth-order valence-electron chi connectivity index (χ4n) is 3.23. The Hall–Kier alpha value is -2.15. The molecule has 1 aliphatic carbocycles. The Balaban J connectivity index is 1.36. The van der Waals surface area contributed by atoms with Crippen molar-refractivity contribution in [3.05, 3.63) is 29.9 Å². The second-order valence-corrected chi connectivity index (χ2v) is 6.73. The van der Waals surface area contributed by atoms with E-state index in [1.807, 2.05) is 25.1 Å². The Morgan fingerprint density at radius 2 is 2.00 bits per heavy atom. The van der Waals surface area contributed by atoms with Gasteiger partial charge in [0.15, 0.2) is 5.82 Å². The monoisotopic (exact) mass is 343 g/mol. The maximum Gasteiger partial charge on any atom is 0.243 e. The molecule has 0 amide bonds. The van der Waals surface area contributed by atoms with Crippen LogP contribution < -0.4 is 9.64 Å². The molecule has 134 valence electrons. The first-order valence-corrected chi connectivity index (χ1v) is 9.17. The van der Waals surface area contributed by atoms with Crippen LogP contribution in [0.4, 0.5) is 5.82 Å². The molecule has 0 spiro atoms. The zero-order valence-electron chi connectivity index (χ0n) is 14.9. The van der Waals surface area contributed by atoms with Crippen LogP contribution in [0.15, 0.2) is 22.7 Å². The first-order valence-electron chi connectivity index (χ1n) is 9.17. The molecule has 1 atom stereocenters. The molecular formula is C18H25N5O2. The molecule has 1 saturated carbocycles. The van der Waals surface area contributed by atoms with Gasteiger partial charge in [-0.1, -0.05) is 11.2 Å². The van der Waals surface area contributed by atoms with Crippen molar-refractivity contribution < 1.29 is 9.26 Å². The molecule has 1 aliphatic heterocycles. The van der Waals surface area contributed by atoms with E-state index in [9.17, 15) is 0 Å². The van der Waals surface area contributed by atoms with Gasteiger partial charge in [0.2, 0.25) is 11.8 Å². The van der Waals surface area contributed by atoms with Crippen molar-refractivity contribution >= 4 is 5.82 Å². The first-order chi connectivity index (χ1) is 12.2. The summed E-state index contributed by atoms with van der Waals surface area (Å²) in [7, 11) is 0. The lowest BCUT2D eigenvalue weighted by atomic mass is 10.2. The second kappa shape index (κ2) is 7.00. The number of hydrogen-bond acceptors (Lipinski definition) is 7. The van der Waals surface area contributed by atoms with E-state index in [0.29, 0.717) is 18.4 Å². The minimum atomic E-state index is 0.157. The predicted molar refractivity (Wildman–Crippen MR) is 93.9 cm³/mol. The van der Waals surface area contributed by atoms with E-state index >= 15 is 0 Å². The first kappa shape index (κ1) is 16.3. The average molecular weight is 343 g/mol. The number of anilines is 1. The van der Waals surface area contributed by atoms with Crippen LogP contribution in [0, 0.1) is 0 Å². The van der Waals surface area contributed by atoms with Gasteiger partial charge in [0.25, 0.3) is 0 Å². The van der Waals surface area contributed by atoms with Crippen molar-refractivity contribution in [3.63, 3.8) is 0 Å². The zero-order valence-corrected chi connectivity index (χ0v) is 14.9. The summed E-state index contributed by atoms with van der Waals surface area (Å²) < 4.78 is 11.0. The van der Waals surface area contributed by atoms with E-state index in [-0.39, 0.29) is 6.04 Å². The van der Waals surface area contributed by atoms with Crippen LogP contribution in [0.25, 0.3) is 0 Å². The van der Waals surface area contributed by atoms with Crippen molar-refractivity contribution in [2.45, 2.75) is 38.6 Å². The van der Waals surface area contributed by atoms with E-state index < -0.39 is 0 Å². The summed E-state index contributed by atoms with van der Waals surface area (Å²) in [4.78, 5) is 13.9. The lowest BCUT2D eigenvalue weighted by Crippen LogP contribution is -2.47. The van der Waals surface area contributed by atoms with Crippen molar-refractivity contribution in [2.75, 3.05) is 37.7 Å². The highest BCUT2D eigenvalue weighted by Gasteiger charge is 2.31. The highest BCUT2D eigenvalue weighted by Crippen LogP contribution is 2.38. The van der Waals surface area contributed by atoms with Gasteiger partial charge in [-0.25, -0.2) is 0 Å². The lowest BCUT2D eigenvalue weighted by molar-refractivity contribution is 0.164. The molecule has 2 aliphatic rings. The number of hydrogen-bond donors (Lipinski definition) is 0. The Labute approximate surface area is 148 Å². The highest BCUT2D eigenvalue weighted by molar-refractivity contribution is 5.41. The van der Waals surface area contributed by atoms with Crippen molar-refractivity contribution in [2.24, 2.45) is 0 Å². The molecule has 25 heavy (non-hydrogen) atoms. The van der Waals surface area contributed by atoms with E-state index in [2.05, 4.69) is 31.8 Å². The molecule has 2 aromatic rings. The summed E-state index contributed by atoms with van der Waals surface area (Å²) in [5.74, 6) is 3.83. The maximum atomic E-state index is 5.51. The molecule has 1 saturated heterocycles. The SMILES string of the molecule is CCOc1cccc(N2CCN(C(C)c3nc(C4CC4)no3)CC2)n1. The summed E-state index contributed by atoms with van der Waals surface area (Å²) in [5, 5.41) is 4.14. The maximum absolute atomic E-state index is 5.51. The van der Waals surface area contributed by atoms with Gasteiger partial charge in [-0.15, -0.1) is 0 Å². The highest BCUT2D eigenvalue weighted by atomic mass is 16.5. The van der Waals surface area contributed by atoms with E-state index in [1.165, 1.54) is 12.8 Å². The molecule has 0 N–H and O–H groups in total. The molecule has 4 rings (SSSR count). The summed E-state index contributed by atoms with van der Waals surface area (Å²) in [5.41, 5.74) is 0. The largest absolute Gasteiger partial charge is 0.478 e. The molecule has 3 heterocycles. The number of piperazine rings is 1. The van der Waals surface area contributed by atoms with Gasteiger partial charge in [-0.3, -0.25) is 4.90 Å². The average Bonchev–Trinajstić information content (AvgIpc) is 3.39. The van der Waals surface area contributed by atoms with E-state index in [1.54, 1.807) is 0 Å². The van der Waals surface area contributed by atoms with Gasteiger partial charge < -0.3 is 14.2 Å². The van der Waals surface area contributed by atoms with Gasteiger partial charge in [0.05, 0.1) is 12.6 Å². The van der Waals surface area contributed by atoms with Crippen molar-refractivity contribution in [1.82, 2.24) is 20.0 Å². The number of nitrogens with zero attached hydrogens (tertiary/aromatic N) is 5. The topological polar surface area (TPSA) is 67.5 Å². The quantitative estimate of drug-likeness (QED) is 0.798. The van der Waals surface area contributed by atoms with Gasteiger partial charge in [0, 0.05) is 38.2 Å². The second-order valence-electron chi connectivity index (χ2n) is 6.73. The van der Waals surface area contributed by atoms with E-state index in [0.717, 1.165) is 43.7 Å². The Bertz CT molecular complexity index is 707. The van der Waals surface area contributed by atoms with Gasteiger partial charge in [-0.2, -0.15) is 9.97 Å². The number of rotatable bonds is 6. The molecule has 7 heteroatoms. The van der Waals surface area contributed by atoms with Crippen molar-refractivity contribution in [3.8, 4) is 5.88 Å². The van der Waals surface area contributed by atoms with Crippen LogP contribution in [-0.4, -0.2) is 52.8 Å². The third-order valence-corrected chi connectivity index (χ3v) is 4.94. The molecule has 2 aromatic heterocycles. The van der Waals surface area contributed by atoms with Gasteiger partial charge in [-0.05, 0) is 32.8 Å². The fraction of sp³-hybridized carbons (Fsp3) is 0.611. The smallest absolute Gasteiger partial charge is 0.243 e. The summed E-state index contributed by atoms with van der Waals surface area (Å²) in [6, 6.07) is 6.10. The Kier molecular flexibility index (Phi) is 4.57. The Morgan fingerprint density at radius 3 is 2.72 bits per heavy atom. The summed E-state index contributed by atoms with van der Waals surface area (Å²) >= 11 is 0. The normalized spacial score (nSPS) is 19.8. The Morgan fingerprint density at radius 1 is 1.20 bits per heavy atom. The number of pyridine rings is 1. The van der Waals surface area contributed by atoms with Gasteiger partial charge in [0.1, 0.15) is 5.82 Å².